The number of rotatable bonds is 2. The van der Waals surface area contributed by atoms with Gasteiger partial charge in [-0.15, -0.1) is 0 Å². The van der Waals surface area contributed by atoms with Crippen molar-refractivity contribution in [3.05, 3.63) is 101 Å². The summed E-state index contributed by atoms with van der Waals surface area (Å²) < 4.78 is 1.87. The molecule has 5 heteroatoms. The number of nitriles is 1. The van der Waals surface area contributed by atoms with Gasteiger partial charge in [0.1, 0.15) is 5.49 Å². The Hall–Kier alpha value is -3.94. The Labute approximate surface area is 177 Å². The van der Waals surface area contributed by atoms with E-state index >= 15 is 0 Å². The van der Waals surface area contributed by atoms with Crippen LogP contribution in [-0.4, -0.2) is 9.55 Å². The molecule has 0 fully saturated rings. The summed E-state index contributed by atoms with van der Waals surface area (Å²) in [5, 5.41) is 20.5. The Morgan fingerprint density at radius 2 is 1.70 bits per heavy atom. The second-order valence-corrected chi connectivity index (χ2v) is 7.45. The van der Waals surface area contributed by atoms with Crippen LogP contribution in [-0.2, 0) is 0 Å². The molecule has 4 nitrogen and oxygen atoms in total. The summed E-state index contributed by atoms with van der Waals surface area (Å²) in [6.45, 7) is 0. The average molecular weight is 407 g/mol. The number of halogens is 1. The van der Waals surface area contributed by atoms with Crippen molar-refractivity contribution in [3.63, 3.8) is 0 Å². The predicted molar refractivity (Wildman–Crippen MR) is 120 cm³/mol. The fraction of sp³-hybridized carbons (Fsp3) is 0. The summed E-state index contributed by atoms with van der Waals surface area (Å²) in [5.74, 6) is 0. The molecule has 5 aromatic rings. The lowest BCUT2D eigenvalue weighted by Gasteiger charge is -2.14. The zero-order valence-corrected chi connectivity index (χ0v) is 16.6. The number of hydrogen-bond acceptors (Lipinski definition) is 3. The van der Waals surface area contributed by atoms with Gasteiger partial charge in [-0.3, -0.25) is 15.0 Å². The SMILES string of the molecule is N#Cc1cccc(-n2c(=N)ccc3cnc4ccc(-c5ccc(Cl)cc5)cc4c32)c1. The summed E-state index contributed by atoms with van der Waals surface area (Å²) in [6, 6.07) is 27.0. The number of nitrogens with one attached hydrogen (secondary N) is 1. The maximum Gasteiger partial charge on any atom is 0.129 e. The second kappa shape index (κ2) is 7.14. The molecule has 0 bridgehead atoms. The van der Waals surface area contributed by atoms with Gasteiger partial charge in [0.15, 0.2) is 0 Å². The lowest BCUT2D eigenvalue weighted by Crippen LogP contribution is -2.18. The Balaban J connectivity index is 1.87. The molecular formula is C25H15ClN4. The second-order valence-electron chi connectivity index (χ2n) is 7.02. The number of aromatic nitrogens is 2. The van der Waals surface area contributed by atoms with Crippen LogP contribution < -0.4 is 5.49 Å². The van der Waals surface area contributed by atoms with Gasteiger partial charge < -0.3 is 0 Å². The lowest BCUT2D eigenvalue weighted by atomic mass is 10.0. The van der Waals surface area contributed by atoms with E-state index in [0.29, 0.717) is 16.1 Å². The maximum atomic E-state index is 9.32. The van der Waals surface area contributed by atoms with Gasteiger partial charge in [0.05, 0.1) is 22.7 Å². The van der Waals surface area contributed by atoms with Crippen molar-refractivity contribution in [2.24, 2.45) is 0 Å². The van der Waals surface area contributed by atoms with Gasteiger partial charge in [-0.1, -0.05) is 35.9 Å². The van der Waals surface area contributed by atoms with Crippen LogP contribution in [0.4, 0.5) is 0 Å². The minimum Gasteiger partial charge on any atom is -0.294 e. The molecule has 0 aliphatic rings. The van der Waals surface area contributed by atoms with Crippen LogP contribution in [0.25, 0.3) is 38.6 Å². The van der Waals surface area contributed by atoms with Gasteiger partial charge in [-0.05, 0) is 65.7 Å². The molecule has 0 saturated carbocycles. The third-order valence-electron chi connectivity index (χ3n) is 5.16. The highest BCUT2D eigenvalue weighted by Gasteiger charge is 2.11. The molecule has 0 amide bonds. The van der Waals surface area contributed by atoms with Crippen molar-refractivity contribution in [3.8, 4) is 22.9 Å². The van der Waals surface area contributed by atoms with Crippen molar-refractivity contribution < 1.29 is 0 Å². The van der Waals surface area contributed by atoms with Crippen LogP contribution in [0.2, 0.25) is 5.02 Å². The molecule has 142 valence electrons. The summed E-state index contributed by atoms with van der Waals surface area (Å²) in [6.07, 6.45) is 1.82. The monoisotopic (exact) mass is 406 g/mol. The minimum atomic E-state index is 0.335. The number of benzene rings is 3. The van der Waals surface area contributed by atoms with Crippen molar-refractivity contribution >= 4 is 33.4 Å². The molecule has 1 N–H and O–H groups in total. The molecule has 3 aromatic carbocycles. The van der Waals surface area contributed by atoms with Crippen molar-refractivity contribution in [2.75, 3.05) is 0 Å². The molecule has 0 saturated heterocycles. The number of nitrogens with zero attached hydrogens (tertiary/aromatic N) is 3. The van der Waals surface area contributed by atoms with Gasteiger partial charge in [-0.25, -0.2) is 0 Å². The van der Waals surface area contributed by atoms with E-state index < -0.39 is 0 Å². The van der Waals surface area contributed by atoms with Crippen molar-refractivity contribution in [2.45, 2.75) is 0 Å². The molecule has 5 rings (SSSR count). The van der Waals surface area contributed by atoms with E-state index in [1.54, 1.807) is 18.2 Å². The summed E-state index contributed by atoms with van der Waals surface area (Å²) in [4.78, 5) is 4.61. The van der Waals surface area contributed by atoms with E-state index in [9.17, 15) is 5.26 Å². The van der Waals surface area contributed by atoms with Gasteiger partial charge in [-0.2, -0.15) is 5.26 Å². The first-order chi connectivity index (χ1) is 14.6. The quantitative estimate of drug-likeness (QED) is 0.373. The molecular weight excluding hydrogens is 392 g/mol. The number of fused-ring (bicyclic) bond motifs is 3. The first-order valence-corrected chi connectivity index (χ1v) is 9.77. The van der Waals surface area contributed by atoms with E-state index in [-0.39, 0.29) is 0 Å². The van der Waals surface area contributed by atoms with Gasteiger partial charge in [0.25, 0.3) is 0 Å². The van der Waals surface area contributed by atoms with Gasteiger partial charge >= 0.3 is 0 Å². The van der Waals surface area contributed by atoms with E-state index in [1.165, 1.54) is 0 Å². The molecule has 30 heavy (non-hydrogen) atoms. The van der Waals surface area contributed by atoms with E-state index in [4.69, 9.17) is 17.0 Å². The van der Waals surface area contributed by atoms with Crippen LogP contribution in [0.15, 0.2) is 85.1 Å². The highest BCUT2D eigenvalue weighted by atomic mass is 35.5. The molecule has 0 atom stereocenters. The van der Waals surface area contributed by atoms with Gasteiger partial charge in [0, 0.05) is 27.7 Å². The highest BCUT2D eigenvalue weighted by Crippen LogP contribution is 2.30. The van der Waals surface area contributed by atoms with Gasteiger partial charge in [0.2, 0.25) is 0 Å². The minimum absolute atomic E-state index is 0.335. The third-order valence-corrected chi connectivity index (χ3v) is 5.42. The topological polar surface area (TPSA) is 65.5 Å². The molecule has 0 unspecified atom stereocenters. The Kier molecular flexibility index (Phi) is 4.31. The fourth-order valence-corrected chi connectivity index (χ4v) is 3.86. The molecule has 0 aliphatic carbocycles. The predicted octanol–water partition coefficient (Wildman–Crippen LogP) is 5.85. The molecule has 0 spiro atoms. The smallest absolute Gasteiger partial charge is 0.129 e. The highest BCUT2D eigenvalue weighted by molar-refractivity contribution is 6.30. The number of hydrogen-bond donors (Lipinski definition) is 1. The average Bonchev–Trinajstić information content (AvgIpc) is 2.79. The maximum absolute atomic E-state index is 9.32. The standard InChI is InChI=1S/C25H15ClN4/c26-20-8-4-17(5-9-20)18-6-10-23-22(13-18)25-19(15-29-23)7-11-24(28)30(25)21-3-1-2-16(12-21)14-27/h1-13,15,28H. The fourth-order valence-electron chi connectivity index (χ4n) is 3.73. The molecule has 0 aliphatic heterocycles. The normalized spacial score (nSPS) is 10.9. The summed E-state index contributed by atoms with van der Waals surface area (Å²) >= 11 is 6.05. The Morgan fingerprint density at radius 1 is 0.900 bits per heavy atom. The molecule has 2 heterocycles. The molecule has 0 radical (unpaired) electrons. The number of pyridine rings is 2. The zero-order chi connectivity index (χ0) is 20.7. The van der Waals surface area contributed by atoms with Crippen LogP contribution in [0.3, 0.4) is 0 Å². The summed E-state index contributed by atoms with van der Waals surface area (Å²) in [7, 11) is 0. The first kappa shape index (κ1) is 18.1. The van der Waals surface area contributed by atoms with E-state index in [2.05, 4.69) is 17.1 Å². The Bertz CT molecular complexity index is 1530. The van der Waals surface area contributed by atoms with Crippen molar-refractivity contribution in [1.82, 2.24) is 9.55 Å². The Morgan fingerprint density at radius 3 is 2.50 bits per heavy atom. The van der Waals surface area contributed by atoms with Crippen LogP contribution in [0.1, 0.15) is 5.56 Å². The van der Waals surface area contributed by atoms with Crippen LogP contribution in [0, 0.1) is 16.7 Å². The zero-order valence-electron chi connectivity index (χ0n) is 15.8. The third kappa shape index (κ3) is 3.02. The first-order valence-electron chi connectivity index (χ1n) is 9.40. The van der Waals surface area contributed by atoms with Crippen molar-refractivity contribution in [1.29, 1.82) is 10.7 Å². The van der Waals surface area contributed by atoms with Crippen LogP contribution in [0.5, 0.6) is 0 Å². The summed E-state index contributed by atoms with van der Waals surface area (Å²) in [5.41, 5.74) is 5.49. The molecule has 2 aromatic heterocycles. The van der Waals surface area contributed by atoms with Crippen LogP contribution >= 0.6 is 11.6 Å². The van der Waals surface area contributed by atoms with E-state index in [0.717, 1.165) is 38.6 Å². The van der Waals surface area contributed by atoms with E-state index in [1.807, 2.05) is 65.4 Å². The lowest BCUT2D eigenvalue weighted by molar-refractivity contribution is 0.968. The largest absolute Gasteiger partial charge is 0.294 e.